The molecule has 9 heteroatoms. The smallest absolute Gasteiger partial charge is 0.416 e. The third-order valence-electron chi connectivity index (χ3n) is 6.23. The summed E-state index contributed by atoms with van der Waals surface area (Å²) in [6.07, 6.45) is -2.81. The molecule has 0 fully saturated rings. The fourth-order valence-corrected chi connectivity index (χ4v) is 4.39. The second-order valence-electron chi connectivity index (χ2n) is 8.57. The number of nitrogens with zero attached hydrogens (tertiary/aromatic N) is 1. The molecule has 5 rings (SSSR count). The van der Waals surface area contributed by atoms with Gasteiger partial charge >= 0.3 is 12.1 Å². The molecule has 190 valence electrons. The van der Waals surface area contributed by atoms with Gasteiger partial charge in [-0.05, 0) is 60.5 Å². The van der Waals surface area contributed by atoms with E-state index in [1.54, 1.807) is 31.2 Å². The third-order valence-corrected chi connectivity index (χ3v) is 6.23. The van der Waals surface area contributed by atoms with E-state index in [0.29, 0.717) is 29.2 Å². The summed E-state index contributed by atoms with van der Waals surface area (Å²) in [5.74, 6) is -0.0582. The number of hydrogen-bond acceptors (Lipinski definition) is 5. The molecule has 0 bridgehead atoms. The zero-order chi connectivity index (χ0) is 26.2. The number of carbonyl (C=O) groups excluding carboxylic acids is 2. The molecule has 0 saturated heterocycles. The number of amides is 1. The molecule has 2 heterocycles. The zero-order valence-corrected chi connectivity index (χ0v) is 19.8. The lowest BCUT2D eigenvalue weighted by Crippen LogP contribution is -2.23. The van der Waals surface area contributed by atoms with Crippen molar-refractivity contribution >= 4 is 28.5 Å². The Bertz CT molecular complexity index is 1470. The summed E-state index contributed by atoms with van der Waals surface area (Å²) in [4.78, 5) is 26.2. The van der Waals surface area contributed by atoms with Gasteiger partial charge in [0.15, 0.2) is 0 Å². The van der Waals surface area contributed by atoms with Crippen molar-refractivity contribution in [3.63, 3.8) is 0 Å². The Morgan fingerprint density at radius 2 is 1.84 bits per heavy atom. The van der Waals surface area contributed by atoms with Crippen LogP contribution in [0.3, 0.4) is 0 Å². The Hall–Kier alpha value is -4.27. The van der Waals surface area contributed by atoms with Gasteiger partial charge in [0, 0.05) is 28.3 Å². The molecule has 1 aliphatic rings. The second-order valence-corrected chi connectivity index (χ2v) is 8.57. The van der Waals surface area contributed by atoms with Gasteiger partial charge in [-0.1, -0.05) is 12.1 Å². The lowest BCUT2D eigenvalue weighted by Gasteiger charge is -2.17. The van der Waals surface area contributed by atoms with Gasteiger partial charge in [0.1, 0.15) is 17.9 Å². The minimum absolute atomic E-state index is 0.112. The summed E-state index contributed by atoms with van der Waals surface area (Å²) < 4.78 is 55.3. The van der Waals surface area contributed by atoms with Crippen molar-refractivity contribution in [2.45, 2.75) is 32.7 Å². The summed E-state index contributed by atoms with van der Waals surface area (Å²) in [6, 6.07) is 15.2. The van der Waals surface area contributed by atoms with E-state index in [2.05, 4.69) is 0 Å². The first-order valence-electron chi connectivity index (χ1n) is 11.6. The number of esters is 1. The maximum absolute atomic E-state index is 13.0. The first kappa shape index (κ1) is 24.4. The van der Waals surface area contributed by atoms with Crippen molar-refractivity contribution in [3.05, 3.63) is 94.7 Å². The molecule has 0 unspecified atom stereocenters. The normalized spacial score (nSPS) is 13.2. The molecule has 37 heavy (non-hydrogen) atoms. The third kappa shape index (κ3) is 4.89. The molecule has 1 aliphatic heterocycles. The summed E-state index contributed by atoms with van der Waals surface area (Å²) >= 11 is 0. The fourth-order valence-electron chi connectivity index (χ4n) is 4.39. The van der Waals surface area contributed by atoms with Gasteiger partial charge in [0.05, 0.1) is 31.4 Å². The Kier molecular flexibility index (Phi) is 6.37. The molecule has 3 aromatic carbocycles. The molecular weight excluding hydrogens is 487 g/mol. The SMILES string of the molecule is CCOC(=O)Cc1coc2cc(OCc3cccc4c3CN(c3ccc(C(F)(F)F)cc3)C4=O)ccc12. The van der Waals surface area contributed by atoms with E-state index < -0.39 is 11.7 Å². The summed E-state index contributed by atoms with van der Waals surface area (Å²) in [7, 11) is 0. The van der Waals surface area contributed by atoms with E-state index in [0.717, 1.165) is 34.2 Å². The molecule has 4 aromatic rings. The highest BCUT2D eigenvalue weighted by atomic mass is 19.4. The maximum Gasteiger partial charge on any atom is 0.416 e. The van der Waals surface area contributed by atoms with Crippen molar-refractivity contribution in [2.75, 3.05) is 11.5 Å². The predicted octanol–water partition coefficient (Wildman–Crippen LogP) is 6.30. The first-order valence-corrected chi connectivity index (χ1v) is 11.6. The highest BCUT2D eigenvalue weighted by Gasteiger charge is 2.33. The number of fused-ring (bicyclic) bond motifs is 2. The largest absolute Gasteiger partial charge is 0.489 e. The van der Waals surface area contributed by atoms with Crippen LogP contribution in [0.5, 0.6) is 5.75 Å². The van der Waals surface area contributed by atoms with Crippen molar-refractivity contribution in [1.82, 2.24) is 0 Å². The molecule has 0 spiro atoms. The topological polar surface area (TPSA) is 69.0 Å². The molecule has 0 N–H and O–H groups in total. The standard InChI is InChI=1S/C28H22F3NO5/c1-2-35-26(33)12-18-16-37-25-13-21(10-11-22(18)25)36-15-17-4-3-5-23-24(17)14-32(27(23)34)20-8-6-19(7-9-20)28(29,30)31/h3-11,13,16H,2,12,14-15H2,1H3. The van der Waals surface area contributed by atoms with Gasteiger partial charge in [-0.3, -0.25) is 9.59 Å². The Labute approximate surface area is 210 Å². The van der Waals surface area contributed by atoms with Gasteiger partial charge in [-0.2, -0.15) is 13.2 Å². The highest BCUT2D eigenvalue weighted by molar-refractivity contribution is 6.10. The van der Waals surface area contributed by atoms with Gasteiger partial charge in [-0.25, -0.2) is 0 Å². The maximum atomic E-state index is 13.0. The Morgan fingerprint density at radius 1 is 1.05 bits per heavy atom. The van der Waals surface area contributed by atoms with Crippen LogP contribution in [0, 0.1) is 0 Å². The van der Waals surface area contributed by atoms with E-state index in [9.17, 15) is 22.8 Å². The average molecular weight is 509 g/mol. The minimum Gasteiger partial charge on any atom is -0.489 e. The van der Waals surface area contributed by atoms with Crippen LogP contribution in [0.25, 0.3) is 11.0 Å². The number of rotatable bonds is 7. The van der Waals surface area contributed by atoms with E-state index in [4.69, 9.17) is 13.9 Å². The molecule has 1 amide bonds. The van der Waals surface area contributed by atoms with E-state index in [1.807, 2.05) is 12.1 Å². The summed E-state index contributed by atoms with van der Waals surface area (Å²) in [5.41, 5.74) is 2.97. The van der Waals surface area contributed by atoms with Gasteiger partial charge < -0.3 is 18.8 Å². The van der Waals surface area contributed by atoms with Crippen LogP contribution in [0.4, 0.5) is 18.9 Å². The zero-order valence-electron chi connectivity index (χ0n) is 19.8. The Morgan fingerprint density at radius 3 is 2.57 bits per heavy atom. The van der Waals surface area contributed by atoms with Crippen molar-refractivity contribution < 1.29 is 36.7 Å². The molecule has 0 atom stereocenters. The molecule has 6 nitrogen and oxygen atoms in total. The van der Waals surface area contributed by atoms with Crippen LogP contribution in [0.2, 0.25) is 0 Å². The number of hydrogen-bond donors (Lipinski definition) is 0. The van der Waals surface area contributed by atoms with Gasteiger partial charge in [0.2, 0.25) is 0 Å². The summed E-state index contributed by atoms with van der Waals surface area (Å²) in [6.45, 7) is 2.47. The lowest BCUT2D eigenvalue weighted by atomic mass is 10.0. The fraction of sp³-hybridized carbons (Fsp3) is 0.214. The van der Waals surface area contributed by atoms with Crippen LogP contribution in [-0.2, 0) is 35.3 Å². The number of anilines is 1. The lowest BCUT2D eigenvalue weighted by molar-refractivity contribution is -0.142. The van der Waals surface area contributed by atoms with Gasteiger partial charge in [-0.15, -0.1) is 0 Å². The minimum atomic E-state index is -4.44. The van der Waals surface area contributed by atoms with Crippen LogP contribution in [0.1, 0.15) is 39.5 Å². The first-order chi connectivity index (χ1) is 17.7. The number of alkyl halides is 3. The quantitative estimate of drug-likeness (QED) is 0.274. The number of ether oxygens (including phenoxy) is 2. The molecule has 0 radical (unpaired) electrons. The van der Waals surface area contributed by atoms with Crippen LogP contribution in [-0.4, -0.2) is 18.5 Å². The molecule has 1 aromatic heterocycles. The van der Waals surface area contributed by atoms with E-state index >= 15 is 0 Å². The van der Waals surface area contributed by atoms with Crippen molar-refractivity contribution in [1.29, 1.82) is 0 Å². The van der Waals surface area contributed by atoms with Crippen molar-refractivity contribution in [3.8, 4) is 5.75 Å². The molecule has 0 saturated carbocycles. The number of furan rings is 1. The number of carbonyl (C=O) groups is 2. The highest BCUT2D eigenvalue weighted by Crippen LogP contribution is 2.34. The monoisotopic (exact) mass is 509 g/mol. The molecular formula is C28H22F3NO5. The predicted molar refractivity (Wildman–Crippen MR) is 129 cm³/mol. The number of halogens is 3. The van der Waals surface area contributed by atoms with Crippen molar-refractivity contribution in [2.24, 2.45) is 0 Å². The van der Waals surface area contributed by atoms with Crippen LogP contribution in [0.15, 0.2) is 71.3 Å². The van der Waals surface area contributed by atoms with E-state index in [1.165, 1.54) is 23.3 Å². The van der Waals surface area contributed by atoms with Crippen LogP contribution >= 0.6 is 0 Å². The molecule has 0 aliphatic carbocycles. The van der Waals surface area contributed by atoms with Crippen LogP contribution < -0.4 is 9.64 Å². The Balaban J connectivity index is 1.31. The second kappa shape index (κ2) is 9.65. The average Bonchev–Trinajstić information content (AvgIpc) is 3.43. The summed E-state index contributed by atoms with van der Waals surface area (Å²) in [5, 5.41) is 0.791. The number of benzene rings is 3. The van der Waals surface area contributed by atoms with E-state index in [-0.39, 0.29) is 31.4 Å². The van der Waals surface area contributed by atoms with Gasteiger partial charge in [0.25, 0.3) is 5.91 Å².